The van der Waals surface area contributed by atoms with Gasteiger partial charge in [-0.15, -0.1) is 0 Å². The minimum absolute atomic E-state index is 0.0153. The minimum Gasteiger partial charge on any atom is -0.342 e. The second kappa shape index (κ2) is 8.07. The number of carbonyl (C=O) groups excluding carboxylic acids is 1. The molecule has 1 saturated carbocycles. The third-order valence-electron chi connectivity index (χ3n) is 6.36. The van der Waals surface area contributed by atoms with Crippen molar-refractivity contribution in [3.63, 3.8) is 0 Å². The van der Waals surface area contributed by atoms with Crippen LogP contribution in [-0.2, 0) is 17.5 Å². The Balaban J connectivity index is 1.66. The monoisotopic (exact) mass is 424 g/mol. The molecule has 4 rings (SSSR count). The van der Waals surface area contributed by atoms with Crippen molar-refractivity contribution in [2.45, 2.75) is 70.6 Å². The summed E-state index contributed by atoms with van der Waals surface area (Å²) in [6.45, 7) is 3.50. The van der Waals surface area contributed by atoms with Crippen LogP contribution in [0.2, 0.25) is 0 Å². The van der Waals surface area contributed by atoms with E-state index in [1.165, 1.54) is 10.8 Å². The van der Waals surface area contributed by atoms with E-state index in [9.17, 15) is 22.8 Å². The standard InChI is InChI=1S/C21H27F3N4O2/c1-14-5-4-9-26(12-14)18(29)8-10-27-19(30)11-17(21(22,23)24)16-13-28(25-20(16)27)15-6-2-3-7-15/h11,13-15H,2-10,12H2,1H3. The third kappa shape index (κ3) is 4.11. The Morgan fingerprint density at radius 3 is 2.60 bits per heavy atom. The Bertz CT molecular complexity index is 989. The highest BCUT2D eigenvalue weighted by molar-refractivity contribution is 5.80. The maximum absolute atomic E-state index is 13.6. The smallest absolute Gasteiger partial charge is 0.342 e. The molecule has 2 aromatic rings. The molecule has 0 radical (unpaired) electrons. The van der Waals surface area contributed by atoms with E-state index in [2.05, 4.69) is 12.0 Å². The van der Waals surface area contributed by atoms with E-state index in [-0.39, 0.29) is 35.9 Å². The van der Waals surface area contributed by atoms with Crippen LogP contribution in [-0.4, -0.2) is 38.2 Å². The summed E-state index contributed by atoms with van der Waals surface area (Å²) < 4.78 is 43.5. The number of carbonyl (C=O) groups is 1. The molecule has 6 nitrogen and oxygen atoms in total. The second-order valence-electron chi connectivity index (χ2n) is 8.67. The largest absolute Gasteiger partial charge is 0.417 e. The molecule has 9 heteroatoms. The molecule has 0 N–H and O–H groups in total. The Morgan fingerprint density at radius 2 is 1.93 bits per heavy atom. The second-order valence-corrected chi connectivity index (χ2v) is 8.67. The first kappa shape index (κ1) is 20.9. The van der Waals surface area contributed by atoms with Gasteiger partial charge in [-0.2, -0.15) is 18.3 Å². The van der Waals surface area contributed by atoms with Crippen LogP contribution in [0.5, 0.6) is 0 Å². The highest BCUT2D eigenvalue weighted by Gasteiger charge is 2.35. The predicted octanol–water partition coefficient (Wildman–Crippen LogP) is 3.98. The fraction of sp³-hybridized carbons (Fsp3) is 0.667. The molecular formula is C21H27F3N4O2. The van der Waals surface area contributed by atoms with Crippen LogP contribution in [0.3, 0.4) is 0 Å². The van der Waals surface area contributed by atoms with E-state index < -0.39 is 17.3 Å². The Labute approximate surface area is 172 Å². The molecular weight excluding hydrogens is 397 g/mol. The van der Waals surface area contributed by atoms with Crippen molar-refractivity contribution in [3.05, 3.63) is 28.2 Å². The molecule has 1 atom stereocenters. The molecule has 30 heavy (non-hydrogen) atoms. The van der Waals surface area contributed by atoms with Gasteiger partial charge in [-0.25, -0.2) is 0 Å². The van der Waals surface area contributed by atoms with E-state index >= 15 is 0 Å². The number of fused-ring (bicyclic) bond motifs is 1. The quantitative estimate of drug-likeness (QED) is 0.746. The molecule has 2 aromatic heterocycles. The lowest BCUT2D eigenvalue weighted by atomic mass is 10.00. The molecule has 1 aliphatic heterocycles. The van der Waals surface area contributed by atoms with Gasteiger partial charge in [0.1, 0.15) is 0 Å². The SMILES string of the molecule is CC1CCCN(C(=O)CCn2c(=O)cc(C(F)(F)F)c3cn(C4CCCC4)nc32)C1. The Hall–Kier alpha value is -2.32. The molecule has 1 saturated heterocycles. The van der Waals surface area contributed by atoms with Crippen molar-refractivity contribution in [1.82, 2.24) is 19.2 Å². The van der Waals surface area contributed by atoms with Crippen molar-refractivity contribution in [3.8, 4) is 0 Å². The van der Waals surface area contributed by atoms with Crippen LogP contribution in [0, 0.1) is 5.92 Å². The first-order chi connectivity index (χ1) is 14.2. The zero-order valence-electron chi connectivity index (χ0n) is 17.1. The number of hydrogen-bond donors (Lipinski definition) is 0. The number of likely N-dealkylation sites (tertiary alicyclic amines) is 1. The first-order valence-electron chi connectivity index (χ1n) is 10.7. The minimum atomic E-state index is -4.64. The summed E-state index contributed by atoms with van der Waals surface area (Å²) in [7, 11) is 0. The molecule has 1 aliphatic carbocycles. The maximum atomic E-state index is 13.6. The van der Waals surface area contributed by atoms with Gasteiger partial charge in [0.05, 0.1) is 11.6 Å². The highest BCUT2D eigenvalue weighted by atomic mass is 19.4. The van der Waals surface area contributed by atoms with Crippen LogP contribution < -0.4 is 5.56 Å². The third-order valence-corrected chi connectivity index (χ3v) is 6.36. The number of halogens is 3. The van der Waals surface area contributed by atoms with Gasteiger partial charge in [-0.1, -0.05) is 19.8 Å². The highest BCUT2D eigenvalue weighted by Crippen LogP contribution is 2.36. The van der Waals surface area contributed by atoms with E-state index in [0.29, 0.717) is 25.1 Å². The number of amides is 1. The molecule has 2 aliphatic rings. The van der Waals surface area contributed by atoms with Crippen LogP contribution in [0.15, 0.2) is 17.1 Å². The van der Waals surface area contributed by atoms with Gasteiger partial charge in [0.25, 0.3) is 5.56 Å². The summed E-state index contributed by atoms with van der Waals surface area (Å²) in [5, 5.41) is 4.31. The molecule has 1 amide bonds. The summed E-state index contributed by atoms with van der Waals surface area (Å²) >= 11 is 0. The number of piperidine rings is 1. The molecule has 0 aromatic carbocycles. The van der Waals surface area contributed by atoms with Gasteiger partial charge in [0, 0.05) is 43.7 Å². The normalized spacial score (nSPS) is 20.9. The van der Waals surface area contributed by atoms with Crippen molar-refractivity contribution in [2.24, 2.45) is 5.92 Å². The fourth-order valence-corrected chi connectivity index (χ4v) is 4.74. The maximum Gasteiger partial charge on any atom is 0.417 e. The lowest BCUT2D eigenvalue weighted by Crippen LogP contribution is -2.39. The van der Waals surface area contributed by atoms with E-state index in [0.717, 1.165) is 38.5 Å². The lowest BCUT2D eigenvalue weighted by molar-refractivity contribution is -0.136. The van der Waals surface area contributed by atoms with Gasteiger partial charge < -0.3 is 4.90 Å². The molecule has 0 bridgehead atoms. The van der Waals surface area contributed by atoms with Crippen molar-refractivity contribution >= 4 is 16.9 Å². The van der Waals surface area contributed by atoms with Crippen LogP contribution in [0.25, 0.3) is 11.0 Å². The van der Waals surface area contributed by atoms with E-state index in [4.69, 9.17) is 0 Å². The van der Waals surface area contributed by atoms with E-state index in [1.807, 2.05) is 0 Å². The summed E-state index contributed by atoms with van der Waals surface area (Å²) in [4.78, 5) is 27.0. The zero-order valence-corrected chi connectivity index (χ0v) is 17.1. The Morgan fingerprint density at radius 1 is 1.20 bits per heavy atom. The van der Waals surface area contributed by atoms with E-state index in [1.54, 1.807) is 9.58 Å². The van der Waals surface area contributed by atoms with Crippen molar-refractivity contribution in [2.75, 3.05) is 13.1 Å². The zero-order chi connectivity index (χ0) is 21.5. The van der Waals surface area contributed by atoms with Gasteiger partial charge >= 0.3 is 6.18 Å². The van der Waals surface area contributed by atoms with Gasteiger partial charge in [-0.05, 0) is 31.6 Å². The molecule has 3 heterocycles. The number of alkyl halides is 3. The number of pyridine rings is 1. The molecule has 1 unspecified atom stereocenters. The Kier molecular flexibility index (Phi) is 5.63. The number of rotatable bonds is 4. The lowest BCUT2D eigenvalue weighted by Gasteiger charge is -2.31. The number of aryl methyl sites for hydroxylation is 1. The predicted molar refractivity (Wildman–Crippen MR) is 106 cm³/mol. The van der Waals surface area contributed by atoms with Crippen molar-refractivity contribution in [1.29, 1.82) is 0 Å². The summed E-state index contributed by atoms with van der Waals surface area (Å²) in [5.74, 6) is 0.363. The average Bonchev–Trinajstić information content (AvgIpc) is 3.35. The van der Waals surface area contributed by atoms with Crippen LogP contribution in [0.4, 0.5) is 13.2 Å². The average molecular weight is 424 g/mol. The summed E-state index contributed by atoms with van der Waals surface area (Å²) in [6, 6.07) is 0.690. The van der Waals surface area contributed by atoms with Crippen LogP contribution in [0.1, 0.15) is 63.5 Å². The fourth-order valence-electron chi connectivity index (χ4n) is 4.74. The van der Waals surface area contributed by atoms with Gasteiger partial charge in [0.15, 0.2) is 5.65 Å². The van der Waals surface area contributed by atoms with Crippen LogP contribution >= 0.6 is 0 Å². The first-order valence-corrected chi connectivity index (χ1v) is 10.7. The summed E-state index contributed by atoms with van der Waals surface area (Å²) in [6.07, 6.45) is 2.65. The molecule has 2 fully saturated rings. The van der Waals surface area contributed by atoms with Gasteiger partial charge in [0.2, 0.25) is 5.91 Å². The summed E-state index contributed by atoms with van der Waals surface area (Å²) in [5.41, 5.74) is -1.72. The van der Waals surface area contributed by atoms with Crippen molar-refractivity contribution < 1.29 is 18.0 Å². The van der Waals surface area contributed by atoms with Gasteiger partial charge in [-0.3, -0.25) is 18.8 Å². The molecule has 0 spiro atoms. The topological polar surface area (TPSA) is 60.1 Å². The number of hydrogen-bond acceptors (Lipinski definition) is 3. The number of aromatic nitrogens is 3. The molecule has 164 valence electrons. The number of nitrogens with zero attached hydrogens (tertiary/aromatic N) is 4.